The van der Waals surface area contributed by atoms with Crippen molar-refractivity contribution in [2.45, 2.75) is 37.7 Å². The Balaban J connectivity index is 0.00000456. The Kier molecular flexibility index (Phi) is 10.6. The van der Waals surface area contributed by atoms with Gasteiger partial charge in [0.25, 0.3) is 0 Å². The van der Waals surface area contributed by atoms with E-state index in [-0.39, 0.29) is 49.0 Å². The maximum atomic E-state index is 13.4. The zero-order chi connectivity index (χ0) is 25.6. The molecule has 0 radical (unpaired) electrons. The summed E-state index contributed by atoms with van der Waals surface area (Å²) >= 11 is 0. The monoisotopic (exact) mass is 542 g/mol. The van der Waals surface area contributed by atoms with Crippen LogP contribution in [0.1, 0.15) is 41.0 Å². The molecule has 1 amide bonds. The summed E-state index contributed by atoms with van der Waals surface area (Å²) in [5.74, 6) is -1.27. The third-order valence-corrected chi connectivity index (χ3v) is 5.81. The number of rotatable bonds is 8. The van der Waals surface area contributed by atoms with Crippen molar-refractivity contribution < 1.29 is 40.3 Å². The fourth-order valence-corrected chi connectivity index (χ4v) is 3.88. The second kappa shape index (κ2) is 12.7. The average molecular weight is 543 g/mol. The lowest BCUT2D eigenvalue weighted by Gasteiger charge is -2.24. The molecule has 2 N–H and O–H groups in total. The highest BCUT2D eigenvalue weighted by molar-refractivity contribution is 5.85. The van der Waals surface area contributed by atoms with E-state index in [9.17, 15) is 35.5 Å². The van der Waals surface area contributed by atoms with Crippen LogP contribution in [0.5, 0.6) is 0 Å². The number of halogens is 8. The Labute approximate surface area is 210 Å². The van der Waals surface area contributed by atoms with Gasteiger partial charge < -0.3 is 15.4 Å². The third kappa shape index (κ3) is 8.63. The molecular weight excluding hydrogens is 517 g/mol. The number of ether oxygens (including phenoxy) is 1. The van der Waals surface area contributed by atoms with Crippen LogP contribution < -0.4 is 10.6 Å². The summed E-state index contributed by atoms with van der Waals surface area (Å²) in [6, 6.07) is 6.71. The second-order valence-corrected chi connectivity index (χ2v) is 8.45. The minimum Gasteiger partial charge on any atom is -0.376 e. The van der Waals surface area contributed by atoms with Crippen molar-refractivity contribution in [2.24, 2.45) is 5.92 Å². The van der Waals surface area contributed by atoms with Crippen molar-refractivity contribution in [3.05, 3.63) is 70.5 Å². The largest absolute Gasteiger partial charge is 0.416 e. The van der Waals surface area contributed by atoms with Gasteiger partial charge in [0.2, 0.25) is 5.91 Å². The van der Waals surface area contributed by atoms with Crippen LogP contribution in [0.4, 0.5) is 30.7 Å². The van der Waals surface area contributed by atoms with E-state index in [1.807, 2.05) is 0 Å². The van der Waals surface area contributed by atoms with Crippen LogP contribution in [0.15, 0.2) is 42.5 Å². The summed E-state index contributed by atoms with van der Waals surface area (Å²) in [5, 5.41) is 5.99. The van der Waals surface area contributed by atoms with Gasteiger partial charge in [-0.05, 0) is 67.4 Å². The molecule has 3 rings (SSSR count). The summed E-state index contributed by atoms with van der Waals surface area (Å²) in [6.07, 6.45) is -8.54. The summed E-state index contributed by atoms with van der Waals surface area (Å²) < 4.78 is 97.4. The number of hydrogen-bond acceptors (Lipinski definition) is 3. The minimum absolute atomic E-state index is 0. The molecule has 2 aromatic carbocycles. The van der Waals surface area contributed by atoms with E-state index in [2.05, 4.69) is 10.6 Å². The maximum Gasteiger partial charge on any atom is 0.416 e. The number of alkyl halides is 6. The fraction of sp³-hybridized carbons (Fsp3) is 0.458. The number of hydrogen-bond donors (Lipinski definition) is 2. The molecule has 1 heterocycles. The first kappa shape index (κ1) is 29.9. The van der Waals surface area contributed by atoms with Crippen LogP contribution in [-0.4, -0.2) is 32.1 Å². The Morgan fingerprint density at radius 1 is 0.972 bits per heavy atom. The highest BCUT2D eigenvalue weighted by Crippen LogP contribution is 2.36. The van der Waals surface area contributed by atoms with Crippen LogP contribution >= 0.6 is 12.4 Å². The molecule has 1 aliphatic rings. The summed E-state index contributed by atoms with van der Waals surface area (Å²) in [7, 11) is 0. The predicted octanol–water partition coefficient (Wildman–Crippen LogP) is 5.70. The molecule has 0 spiro atoms. The number of benzene rings is 2. The van der Waals surface area contributed by atoms with Crippen molar-refractivity contribution in [3.63, 3.8) is 0 Å². The van der Waals surface area contributed by atoms with E-state index in [4.69, 9.17) is 4.74 Å². The van der Waals surface area contributed by atoms with Crippen LogP contribution in [0, 0.1) is 11.7 Å². The first-order valence-electron chi connectivity index (χ1n) is 11.0. The standard InChI is InChI=1S/C24H25F7N2O2.ClH/c25-21-3-1-16(2-4-21)18(12-33-22(34)17-5-7-32-8-6-17)14-35-13-15-9-19(23(26,27)28)11-20(10-15)24(29,30)31;/h1-4,9-11,17-18,32H,5-8,12-14H2,(H,33,34);1H. The summed E-state index contributed by atoms with van der Waals surface area (Å²) in [4.78, 5) is 12.5. The molecule has 0 saturated carbocycles. The van der Waals surface area contributed by atoms with Crippen molar-refractivity contribution >= 4 is 18.3 Å². The lowest BCUT2D eigenvalue weighted by molar-refractivity contribution is -0.143. The average Bonchev–Trinajstić information content (AvgIpc) is 2.81. The molecule has 12 heteroatoms. The van der Waals surface area contributed by atoms with E-state index in [1.54, 1.807) is 0 Å². The van der Waals surface area contributed by atoms with Gasteiger partial charge in [-0.25, -0.2) is 4.39 Å². The van der Waals surface area contributed by atoms with Gasteiger partial charge in [0.05, 0.1) is 24.3 Å². The van der Waals surface area contributed by atoms with Crippen molar-refractivity contribution in [3.8, 4) is 0 Å². The first-order chi connectivity index (χ1) is 16.4. The molecule has 0 aromatic heterocycles. The summed E-state index contributed by atoms with van der Waals surface area (Å²) in [5.41, 5.74) is -2.52. The smallest absolute Gasteiger partial charge is 0.376 e. The summed E-state index contributed by atoms with van der Waals surface area (Å²) in [6.45, 7) is 0.937. The van der Waals surface area contributed by atoms with Gasteiger partial charge in [-0.15, -0.1) is 12.4 Å². The molecule has 0 bridgehead atoms. The Bertz CT molecular complexity index is 959. The number of piperidine rings is 1. The zero-order valence-corrected chi connectivity index (χ0v) is 19.8. The van der Waals surface area contributed by atoms with Crippen molar-refractivity contribution in [1.82, 2.24) is 10.6 Å². The maximum absolute atomic E-state index is 13.4. The topological polar surface area (TPSA) is 50.4 Å². The predicted molar refractivity (Wildman–Crippen MR) is 121 cm³/mol. The third-order valence-electron chi connectivity index (χ3n) is 5.81. The van der Waals surface area contributed by atoms with Gasteiger partial charge in [-0.2, -0.15) is 26.3 Å². The van der Waals surface area contributed by atoms with Gasteiger partial charge in [0.15, 0.2) is 0 Å². The minimum atomic E-state index is -4.95. The van der Waals surface area contributed by atoms with Crippen LogP contribution in [0.25, 0.3) is 0 Å². The van der Waals surface area contributed by atoms with E-state index < -0.39 is 41.8 Å². The Morgan fingerprint density at radius 3 is 2.06 bits per heavy atom. The molecule has 2 aromatic rings. The zero-order valence-electron chi connectivity index (χ0n) is 19.0. The molecule has 1 aliphatic heterocycles. The molecule has 0 aliphatic carbocycles. The van der Waals surface area contributed by atoms with Gasteiger partial charge in [0.1, 0.15) is 5.82 Å². The van der Waals surface area contributed by atoms with Crippen molar-refractivity contribution in [2.75, 3.05) is 26.2 Å². The van der Waals surface area contributed by atoms with Crippen LogP contribution in [0.2, 0.25) is 0 Å². The quantitative estimate of drug-likeness (QED) is 0.421. The van der Waals surface area contributed by atoms with E-state index in [1.165, 1.54) is 24.3 Å². The lowest BCUT2D eigenvalue weighted by Crippen LogP contribution is -2.40. The van der Waals surface area contributed by atoms with Gasteiger partial charge in [-0.1, -0.05) is 12.1 Å². The van der Waals surface area contributed by atoms with E-state index in [0.29, 0.717) is 30.5 Å². The molecule has 1 saturated heterocycles. The van der Waals surface area contributed by atoms with Crippen LogP contribution in [0.3, 0.4) is 0 Å². The van der Waals surface area contributed by atoms with Crippen molar-refractivity contribution in [1.29, 1.82) is 0 Å². The van der Waals surface area contributed by atoms with E-state index >= 15 is 0 Å². The highest BCUT2D eigenvalue weighted by atomic mass is 35.5. The number of carbonyl (C=O) groups is 1. The number of carbonyl (C=O) groups excluding carboxylic acids is 1. The SMILES string of the molecule is Cl.O=C(NCC(COCc1cc(C(F)(F)F)cc(C(F)(F)F)c1)c1ccc(F)cc1)C1CCNCC1. The first-order valence-corrected chi connectivity index (χ1v) is 11.0. The molecule has 4 nitrogen and oxygen atoms in total. The Hall–Kier alpha value is -2.37. The van der Waals surface area contributed by atoms with Gasteiger partial charge >= 0.3 is 12.4 Å². The normalized spacial score (nSPS) is 15.8. The molecule has 200 valence electrons. The molecule has 1 atom stereocenters. The van der Waals surface area contributed by atoms with Gasteiger partial charge in [-0.3, -0.25) is 4.79 Å². The second-order valence-electron chi connectivity index (χ2n) is 8.45. The molecule has 1 fully saturated rings. The Morgan fingerprint density at radius 2 is 1.53 bits per heavy atom. The lowest BCUT2D eigenvalue weighted by atomic mass is 9.96. The number of nitrogens with one attached hydrogen (secondary N) is 2. The number of amides is 1. The van der Waals surface area contributed by atoms with E-state index in [0.717, 1.165) is 13.1 Å². The highest BCUT2D eigenvalue weighted by Gasteiger charge is 2.37. The van der Waals surface area contributed by atoms with Crippen LogP contribution in [-0.2, 0) is 28.5 Å². The fourth-order valence-electron chi connectivity index (χ4n) is 3.88. The molecule has 1 unspecified atom stereocenters. The molecular formula is C24H26ClF7N2O2. The van der Waals surface area contributed by atoms with Gasteiger partial charge in [0, 0.05) is 18.4 Å². The molecule has 36 heavy (non-hydrogen) atoms.